The van der Waals surface area contributed by atoms with Crippen LogP contribution in [0.3, 0.4) is 0 Å². The number of aryl methyl sites for hydroxylation is 1. The van der Waals surface area contributed by atoms with Gasteiger partial charge in [-0.1, -0.05) is 19.9 Å². The third-order valence-electron chi connectivity index (χ3n) is 2.30. The Kier molecular flexibility index (Phi) is 8.76. The van der Waals surface area contributed by atoms with Gasteiger partial charge in [0.25, 0.3) is 0 Å². The average molecular weight is 260 g/mol. The molecular weight excluding hydrogens is 240 g/mol. The zero-order chi connectivity index (χ0) is 14.7. The maximum absolute atomic E-state index is 10.3. The molecule has 102 valence electrons. The van der Waals surface area contributed by atoms with E-state index in [9.17, 15) is 4.79 Å². The topological polar surface area (TPSA) is 73.1 Å². The quantitative estimate of drug-likeness (QED) is 0.816. The van der Waals surface area contributed by atoms with Crippen LogP contribution in [0.15, 0.2) is 24.3 Å². The van der Waals surface area contributed by atoms with E-state index in [-0.39, 0.29) is 0 Å². The van der Waals surface area contributed by atoms with Gasteiger partial charge in [0.15, 0.2) is 0 Å². The van der Waals surface area contributed by atoms with Crippen molar-refractivity contribution in [2.75, 3.05) is 13.1 Å². The first kappa shape index (κ1) is 16.9. The first-order valence-corrected chi connectivity index (χ1v) is 6.17. The highest BCUT2D eigenvalue weighted by molar-refractivity contribution is 5.85. The number of aliphatic carboxylic acids is 1. The van der Waals surface area contributed by atoms with Gasteiger partial charge in [-0.25, -0.2) is 4.79 Å². The Morgan fingerprint density at radius 3 is 2.42 bits per heavy atom. The van der Waals surface area contributed by atoms with E-state index in [4.69, 9.17) is 10.4 Å². The average Bonchev–Trinajstić information content (AvgIpc) is 2.38. The molecule has 0 unspecified atom stereocenters. The maximum Gasteiger partial charge on any atom is 0.328 e. The maximum atomic E-state index is 10.3. The zero-order valence-electron chi connectivity index (χ0n) is 11.6. The third kappa shape index (κ3) is 7.74. The second-order valence-corrected chi connectivity index (χ2v) is 3.81. The molecule has 0 fully saturated rings. The van der Waals surface area contributed by atoms with Crippen LogP contribution in [-0.4, -0.2) is 24.2 Å². The molecule has 1 aromatic carbocycles. The van der Waals surface area contributed by atoms with E-state index in [0.717, 1.165) is 30.3 Å². The van der Waals surface area contributed by atoms with Crippen molar-refractivity contribution in [3.05, 3.63) is 41.0 Å². The van der Waals surface area contributed by atoms with E-state index in [1.54, 1.807) is 18.2 Å². The molecule has 0 amide bonds. The Morgan fingerprint density at radius 1 is 1.42 bits per heavy atom. The smallest absolute Gasteiger partial charge is 0.328 e. The molecule has 0 saturated carbocycles. The number of carboxylic acids is 1. The van der Waals surface area contributed by atoms with Gasteiger partial charge in [0.1, 0.15) is 0 Å². The van der Waals surface area contributed by atoms with Gasteiger partial charge in [0.2, 0.25) is 0 Å². The highest BCUT2D eigenvalue weighted by Crippen LogP contribution is 2.11. The lowest BCUT2D eigenvalue weighted by Gasteiger charge is -1.99. The van der Waals surface area contributed by atoms with Crippen LogP contribution in [0.1, 0.15) is 30.5 Å². The van der Waals surface area contributed by atoms with E-state index in [1.165, 1.54) is 6.08 Å². The number of rotatable bonds is 4. The Hall–Kier alpha value is -2.12. The van der Waals surface area contributed by atoms with Gasteiger partial charge < -0.3 is 10.4 Å². The molecule has 0 radical (unpaired) electrons. The minimum absolute atomic E-state index is 0.579. The van der Waals surface area contributed by atoms with Crippen molar-refractivity contribution < 1.29 is 9.90 Å². The van der Waals surface area contributed by atoms with Crippen molar-refractivity contribution in [1.29, 1.82) is 5.26 Å². The summed E-state index contributed by atoms with van der Waals surface area (Å²) in [7, 11) is 0. The van der Waals surface area contributed by atoms with Crippen LogP contribution < -0.4 is 5.32 Å². The molecule has 4 nitrogen and oxygen atoms in total. The van der Waals surface area contributed by atoms with Crippen LogP contribution in [0.2, 0.25) is 0 Å². The molecule has 0 aliphatic rings. The highest BCUT2D eigenvalue weighted by Gasteiger charge is 1.96. The summed E-state index contributed by atoms with van der Waals surface area (Å²) < 4.78 is 0. The third-order valence-corrected chi connectivity index (χ3v) is 2.30. The van der Waals surface area contributed by atoms with Crippen LogP contribution in [0.4, 0.5) is 0 Å². The number of hydrogen-bond acceptors (Lipinski definition) is 3. The lowest BCUT2D eigenvalue weighted by Crippen LogP contribution is -2.09. The summed E-state index contributed by atoms with van der Waals surface area (Å²) in [6.07, 6.45) is 2.59. The lowest BCUT2D eigenvalue weighted by molar-refractivity contribution is -0.131. The Labute approximate surface area is 114 Å². The molecule has 0 atom stereocenters. The molecule has 0 spiro atoms. The molecule has 0 aliphatic carbocycles. The molecular formula is C15H20N2O2. The van der Waals surface area contributed by atoms with Gasteiger partial charge in [0, 0.05) is 6.08 Å². The zero-order valence-corrected chi connectivity index (χ0v) is 11.6. The predicted molar refractivity (Wildman–Crippen MR) is 76.8 cm³/mol. The predicted octanol–water partition coefficient (Wildman–Crippen LogP) is 2.58. The van der Waals surface area contributed by atoms with Crippen LogP contribution >= 0.6 is 0 Å². The number of nitrogens with zero attached hydrogens (tertiary/aromatic N) is 1. The molecule has 4 heteroatoms. The molecule has 0 aromatic heterocycles. The normalized spacial score (nSPS) is 9.58. The molecule has 0 heterocycles. The largest absolute Gasteiger partial charge is 0.478 e. The summed E-state index contributed by atoms with van der Waals surface area (Å²) in [6, 6.07) is 7.13. The molecule has 19 heavy (non-hydrogen) atoms. The summed E-state index contributed by atoms with van der Waals surface area (Å²) >= 11 is 0. The molecule has 2 N–H and O–H groups in total. The molecule has 1 rings (SSSR count). The van der Waals surface area contributed by atoms with Gasteiger partial charge in [-0.3, -0.25) is 0 Å². The fourth-order valence-corrected chi connectivity index (χ4v) is 1.34. The summed E-state index contributed by atoms with van der Waals surface area (Å²) in [5, 5.41) is 20.1. The summed E-state index contributed by atoms with van der Waals surface area (Å²) in [4.78, 5) is 10.3. The standard InChI is InChI=1S/C11H9NO2.C4H11N/c1-8-6-9(7-12)2-3-10(8)4-5-11(13)14;1-3-5-4-2/h2-6H,1H3,(H,13,14);5H,3-4H2,1-2H3. The second kappa shape index (κ2) is 9.86. The number of hydrogen-bond donors (Lipinski definition) is 2. The van der Waals surface area contributed by atoms with Crippen LogP contribution in [-0.2, 0) is 4.79 Å². The monoisotopic (exact) mass is 260 g/mol. The van der Waals surface area contributed by atoms with Crippen molar-refractivity contribution >= 4 is 12.0 Å². The minimum Gasteiger partial charge on any atom is -0.478 e. The Bertz CT molecular complexity index is 472. The highest BCUT2D eigenvalue weighted by atomic mass is 16.4. The number of benzene rings is 1. The number of nitrogens with one attached hydrogen (secondary N) is 1. The fraction of sp³-hybridized carbons (Fsp3) is 0.333. The lowest BCUT2D eigenvalue weighted by atomic mass is 10.1. The van der Waals surface area contributed by atoms with Gasteiger partial charge in [0.05, 0.1) is 11.6 Å². The van der Waals surface area contributed by atoms with Gasteiger partial charge in [-0.15, -0.1) is 0 Å². The van der Waals surface area contributed by atoms with Crippen molar-refractivity contribution in [1.82, 2.24) is 5.32 Å². The number of carbonyl (C=O) groups is 1. The van der Waals surface area contributed by atoms with Crippen LogP contribution in [0, 0.1) is 18.3 Å². The van der Waals surface area contributed by atoms with E-state index in [2.05, 4.69) is 19.2 Å². The molecule has 0 saturated heterocycles. The van der Waals surface area contributed by atoms with E-state index in [1.807, 2.05) is 13.0 Å². The summed E-state index contributed by atoms with van der Waals surface area (Å²) in [5.74, 6) is -0.978. The van der Waals surface area contributed by atoms with E-state index >= 15 is 0 Å². The van der Waals surface area contributed by atoms with Gasteiger partial charge in [-0.05, 0) is 49.3 Å². The van der Waals surface area contributed by atoms with E-state index in [0.29, 0.717) is 5.56 Å². The first-order chi connectivity index (χ1) is 9.04. The van der Waals surface area contributed by atoms with Crippen LogP contribution in [0.25, 0.3) is 6.08 Å². The fourth-order valence-electron chi connectivity index (χ4n) is 1.34. The Balaban J connectivity index is 0.000000555. The van der Waals surface area contributed by atoms with E-state index < -0.39 is 5.97 Å². The van der Waals surface area contributed by atoms with Crippen LogP contribution in [0.5, 0.6) is 0 Å². The van der Waals surface area contributed by atoms with Gasteiger partial charge >= 0.3 is 5.97 Å². The molecule has 0 aliphatic heterocycles. The number of nitriles is 1. The van der Waals surface area contributed by atoms with Crippen molar-refractivity contribution in [3.63, 3.8) is 0 Å². The SMILES string of the molecule is CCNCC.Cc1cc(C#N)ccc1C=CC(=O)O. The summed E-state index contributed by atoms with van der Waals surface area (Å²) in [6.45, 7) is 8.22. The van der Waals surface area contributed by atoms with Crippen molar-refractivity contribution in [2.24, 2.45) is 0 Å². The Morgan fingerprint density at radius 2 is 2.05 bits per heavy atom. The number of carboxylic acid groups (broad SMARTS) is 1. The second-order valence-electron chi connectivity index (χ2n) is 3.81. The first-order valence-electron chi connectivity index (χ1n) is 6.17. The van der Waals surface area contributed by atoms with Crippen molar-refractivity contribution in [3.8, 4) is 6.07 Å². The van der Waals surface area contributed by atoms with Crippen molar-refractivity contribution in [2.45, 2.75) is 20.8 Å². The minimum atomic E-state index is -0.978. The summed E-state index contributed by atoms with van der Waals surface area (Å²) in [5.41, 5.74) is 2.28. The molecule has 0 bridgehead atoms. The van der Waals surface area contributed by atoms with Gasteiger partial charge in [-0.2, -0.15) is 5.26 Å². The molecule has 1 aromatic rings.